The maximum Gasteiger partial charge on any atom is 0.273 e. The lowest BCUT2D eigenvalue weighted by molar-refractivity contribution is -0.384. The van der Waals surface area contributed by atoms with Gasteiger partial charge in [0.05, 0.1) is 23.8 Å². The van der Waals surface area contributed by atoms with Gasteiger partial charge in [-0.1, -0.05) is 36.4 Å². The molecule has 142 valence electrons. The average molecular weight is 378 g/mol. The van der Waals surface area contributed by atoms with Crippen molar-refractivity contribution in [2.24, 2.45) is 0 Å². The Bertz CT molecular complexity index is 989. The van der Waals surface area contributed by atoms with Crippen molar-refractivity contribution >= 4 is 17.3 Å². The lowest BCUT2D eigenvalue weighted by atomic mass is 10.2. The Morgan fingerprint density at radius 3 is 2.54 bits per heavy atom. The number of hydrogen-bond acceptors (Lipinski definition) is 5. The Morgan fingerprint density at radius 1 is 1.04 bits per heavy atom. The number of nitro groups is 1. The number of anilines is 1. The summed E-state index contributed by atoms with van der Waals surface area (Å²) in [5.74, 6) is 0.392. The number of nitro benzene ring substituents is 1. The number of non-ortho nitro benzene ring substituents is 1. The zero-order chi connectivity index (χ0) is 19.9. The quantitative estimate of drug-likeness (QED) is 0.485. The third kappa shape index (κ3) is 4.64. The van der Waals surface area contributed by atoms with Gasteiger partial charge < -0.3 is 14.8 Å². The van der Waals surface area contributed by atoms with Gasteiger partial charge in [-0.15, -0.1) is 0 Å². The monoisotopic (exact) mass is 378 g/mol. The van der Waals surface area contributed by atoms with Crippen LogP contribution in [-0.4, -0.2) is 17.9 Å². The van der Waals surface area contributed by atoms with Crippen molar-refractivity contribution in [3.05, 3.63) is 94.0 Å². The zero-order valence-corrected chi connectivity index (χ0v) is 15.1. The van der Waals surface area contributed by atoms with E-state index in [2.05, 4.69) is 5.32 Å². The Labute approximate surface area is 161 Å². The Kier molecular flexibility index (Phi) is 5.86. The van der Waals surface area contributed by atoms with Crippen LogP contribution in [0.15, 0.2) is 72.8 Å². The minimum absolute atomic E-state index is 0.119. The Hall–Kier alpha value is -3.87. The number of benzene rings is 3. The highest BCUT2D eigenvalue weighted by molar-refractivity contribution is 6.05. The number of nitrogens with zero attached hydrogens (tertiary/aromatic N) is 1. The van der Waals surface area contributed by atoms with Crippen molar-refractivity contribution in [3.8, 4) is 11.5 Å². The number of rotatable bonds is 7. The van der Waals surface area contributed by atoms with Gasteiger partial charge in [0, 0.05) is 11.6 Å². The van der Waals surface area contributed by atoms with Crippen LogP contribution >= 0.6 is 0 Å². The number of carbonyl (C=O) groups is 1. The molecule has 0 atom stereocenters. The van der Waals surface area contributed by atoms with Crippen LogP contribution in [0.3, 0.4) is 0 Å². The maximum absolute atomic E-state index is 12.6. The molecule has 3 rings (SSSR count). The van der Waals surface area contributed by atoms with E-state index >= 15 is 0 Å². The molecule has 0 heterocycles. The Balaban J connectivity index is 1.72. The summed E-state index contributed by atoms with van der Waals surface area (Å²) in [4.78, 5) is 22.9. The van der Waals surface area contributed by atoms with Gasteiger partial charge in [0.1, 0.15) is 18.1 Å². The first-order valence-corrected chi connectivity index (χ1v) is 8.47. The van der Waals surface area contributed by atoms with Gasteiger partial charge in [-0.2, -0.15) is 0 Å². The topological polar surface area (TPSA) is 90.7 Å². The summed E-state index contributed by atoms with van der Waals surface area (Å²) in [6.07, 6.45) is 0. The smallest absolute Gasteiger partial charge is 0.273 e. The van der Waals surface area contributed by atoms with Crippen molar-refractivity contribution < 1.29 is 19.2 Å². The van der Waals surface area contributed by atoms with Crippen molar-refractivity contribution in [2.45, 2.75) is 6.61 Å². The second-order valence-corrected chi connectivity index (χ2v) is 5.90. The predicted octanol–water partition coefficient (Wildman–Crippen LogP) is 4.43. The average Bonchev–Trinajstić information content (AvgIpc) is 2.73. The van der Waals surface area contributed by atoms with Gasteiger partial charge in [-0.3, -0.25) is 14.9 Å². The van der Waals surface area contributed by atoms with Crippen LogP contribution in [-0.2, 0) is 6.61 Å². The molecule has 28 heavy (non-hydrogen) atoms. The Morgan fingerprint density at radius 2 is 1.82 bits per heavy atom. The summed E-state index contributed by atoms with van der Waals surface area (Å²) in [5, 5.41) is 13.6. The number of hydrogen-bond donors (Lipinski definition) is 1. The van der Waals surface area contributed by atoms with Gasteiger partial charge in [0.15, 0.2) is 0 Å². The minimum atomic E-state index is -0.526. The van der Waals surface area contributed by atoms with Gasteiger partial charge in [0.25, 0.3) is 11.6 Å². The molecule has 0 fully saturated rings. The maximum atomic E-state index is 12.6. The van der Waals surface area contributed by atoms with E-state index in [1.807, 2.05) is 30.3 Å². The number of carbonyl (C=O) groups excluding carboxylic acids is 1. The molecule has 0 saturated carbocycles. The molecule has 0 aliphatic rings. The summed E-state index contributed by atoms with van der Waals surface area (Å²) < 4.78 is 10.9. The lowest BCUT2D eigenvalue weighted by Gasteiger charge is -2.11. The second kappa shape index (κ2) is 8.68. The molecule has 7 nitrogen and oxygen atoms in total. The number of methoxy groups -OCH3 is 1. The molecule has 0 aromatic heterocycles. The van der Waals surface area contributed by atoms with Crippen molar-refractivity contribution in [1.29, 1.82) is 0 Å². The summed E-state index contributed by atoms with van der Waals surface area (Å²) in [5.41, 5.74) is 1.64. The SMILES string of the molecule is COc1cc([N+](=O)[O-])ccc1NC(=O)c1cccc(OCc2ccccc2)c1. The predicted molar refractivity (Wildman–Crippen MR) is 105 cm³/mol. The molecular weight excluding hydrogens is 360 g/mol. The van der Waals surface area contributed by atoms with Crippen LogP contribution < -0.4 is 14.8 Å². The molecule has 0 unspecified atom stereocenters. The van der Waals surface area contributed by atoms with Crippen LogP contribution in [0, 0.1) is 10.1 Å². The lowest BCUT2D eigenvalue weighted by Crippen LogP contribution is -2.13. The van der Waals surface area contributed by atoms with Crippen molar-refractivity contribution in [3.63, 3.8) is 0 Å². The van der Waals surface area contributed by atoms with Crippen molar-refractivity contribution in [1.82, 2.24) is 0 Å². The fourth-order valence-electron chi connectivity index (χ4n) is 2.56. The summed E-state index contributed by atoms with van der Waals surface area (Å²) in [6, 6.07) is 20.5. The minimum Gasteiger partial charge on any atom is -0.494 e. The highest BCUT2D eigenvalue weighted by Crippen LogP contribution is 2.29. The molecule has 0 aliphatic carbocycles. The number of amides is 1. The highest BCUT2D eigenvalue weighted by Gasteiger charge is 2.14. The van der Waals surface area contributed by atoms with E-state index < -0.39 is 4.92 Å². The normalized spacial score (nSPS) is 10.2. The number of nitrogens with one attached hydrogen (secondary N) is 1. The molecule has 3 aromatic carbocycles. The molecule has 0 spiro atoms. The van der Waals surface area contributed by atoms with E-state index in [-0.39, 0.29) is 17.3 Å². The van der Waals surface area contributed by atoms with E-state index in [1.54, 1.807) is 24.3 Å². The summed E-state index contributed by atoms with van der Waals surface area (Å²) in [7, 11) is 1.38. The summed E-state index contributed by atoms with van der Waals surface area (Å²) in [6.45, 7) is 0.391. The highest BCUT2D eigenvalue weighted by atomic mass is 16.6. The molecule has 0 aliphatic heterocycles. The van der Waals surface area contributed by atoms with Gasteiger partial charge in [0.2, 0.25) is 0 Å². The zero-order valence-electron chi connectivity index (χ0n) is 15.1. The standard InChI is InChI=1S/C21H18N2O5/c1-27-20-13-17(23(25)26)10-11-19(20)22-21(24)16-8-5-9-18(12-16)28-14-15-6-3-2-4-7-15/h2-13H,14H2,1H3,(H,22,24). The van der Waals surface area contributed by atoms with E-state index in [1.165, 1.54) is 25.3 Å². The van der Waals surface area contributed by atoms with E-state index in [4.69, 9.17) is 9.47 Å². The molecule has 1 N–H and O–H groups in total. The molecule has 3 aromatic rings. The third-order valence-electron chi connectivity index (χ3n) is 3.99. The fraction of sp³-hybridized carbons (Fsp3) is 0.0952. The van der Waals surface area contributed by atoms with Crippen molar-refractivity contribution in [2.75, 3.05) is 12.4 Å². The molecule has 1 amide bonds. The van der Waals surface area contributed by atoms with Gasteiger partial charge >= 0.3 is 0 Å². The molecule has 7 heteroatoms. The molecule has 0 saturated heterocycles. The largest absolute Gasteiger partial charge is 0.494 e. The van der Waals surface area contributed by atoms with E-state index in [0.29, 0.717) is 23.6 Å². The first-order valence-electron chi connectivity index (χ1n) is 8.47. The van der Waals surface area contributed by atoms with Crippen LogP contribution in [0.25, 0.3) is 0 Å². The van der Waals surface area contributed by atoms with E-state index in [9.17, 15) is 14.9 Å². The van der Waals surface area contributed by atoms with Crippen LogP contribution in [0.4, 0.5) is 11.4 Å². The molecule has 0 radical (unpaired) electrons. The fourth-order valence-corrected chi connectivity index (χ4v) is 2.56. The first kappa shape index (κ1) is 18.9. The number of ether oxygens (including phenoxy) is 2. The van der Waals surface area contributed by atoms with Crippen LogP contribution in [0.2, 0.25) is 0 Å². The second-order valence-electron chi connectivity index (χ2n) is 5.90. The summed E-state index contributed by atoms with van der Waals surface area (Å²) >= 11 is 0. The van der Waals surface area contributed by atoms with E-state index in [0.717, 1.165) is 5.56 Å². The first-order chi connectivity index (χ1) is 13.6. The van der Waals surface area contributed by atoms with Crippen LogP contribution in [0.5, 0.6) is 11.5 Å². The third-order valence-corrected chi connectivity index (χ3v) is 3.99. The van der Waals surface area contributed by atoms with Gasteiger partial charge in [-0.25, -0.2) is 0 Å². The molecular formula is C21H18N2O5. The van der Waals surface area contributed by atoms with Crippen LogP contribution in [0.1, 0.15) is 15.9 Å². The van der Waals surface area contributed by atoms with Gasteiger partial charge in [-0.05, 0) is 29.8 Å². The molecule has 0 bridgehead atoms.